The van der Waals surface area contributed by atoms with Crippen molar-refractivity contribution in [3.63, 3.8) is 0 Å². The van der Waals surface area contributed by atoms with Crippen LogP contribution in [0.25, 0.3) is 0 Å². The number of nitrogens with zero attached hydrogens (tertiary/aromatic N) is 1. The molecule has 1 saturated heterocycles. The van der Waals surface area contributed by atoms with Crippen LogP contribution in [0, 0.1) is 5.41 Å². The molecular weight excluding hydrogens is 435 g/mol. The first kappa shape index (κ1) is 24.4. The molecule has 148 valence electrons. The van der Waals surface area contributed by atoms with Gasteiger partial charge in [-0.2, -0.15) is 0 Å². The van der Waals surface area contributed by atoms with Gasteiger partial charge in [0, 0.05) is 44.8 Å². The summed E-state index contributed by atoms with van der Waals surface area (Å²) in [5.41, 5.74) is -0.358. The maximum Gasteiger partial charge on any atom is 0.225 e. The van der Waals surface area contributed by atoms with Gasteiger partial charge in [-0.1, -0.05) is 20.8 Å². The second-order valence-electron chi connectivity index (χ2n) is 6.90. The Balaban J connectivity index is 0.00000576. The molecule has 0 aliphatic carbocycles. The smallest absolute Gasteiger partial charge is 0.225 e. The van der Waals surface area contributed by atoms with E-state index in [0.717, 1.165) is 32.0 Å². The van der Waals surface area contributed by atoms with E-state index >= 15 is 0 Å². The number of halogens is 1. The van der Waals surface area contributed by atoms with Crippen molar-refractivity contribution in [3.8, 4) is 0 Å². The third kappa shape index (κ3) is 11.6. The number of carbonyl (C=O) groups excluding carboxylic acids is 1. The minimum Gasteiger partial charge on any atom is -0.379 e. The standard InChI is InChI=1S/C17H34N4O3.HI/c1-5-18-16(21-10-9-19-15(22)17(2,3)4)20-8-6-11-24-14-7-12-23-13-14;/h14H,5-13H2,1-4H3,(H,19,22)(H2,18,20,21);1H. The zero-order valence-electron chi connectivity index (χ0n) is 16.0. The molecular formula is C17H35IN4O3. The summed E-state index contributed by atoms with van der Waals surface area (Å²) in [6, 6.07) is 0. The largest absolute Gasteiger partial charge is 0.379 e. The van der Waals surface area contributed by atoms with Gasteiger partial charge in [0.25, 0.3) is 0 Å². The Labute approximate surface area is 169 Å². The predicted molar refractivity (Wildman–Crippen MR) is 112 cm³/mol. The monoisotopic (exact) mass is 470 g/mol. The average molecular weight is 470 g/mol. The van der Waals surface area contributed by atoms with Crippen molar-refractivity contribution in [1.29, 1.82) is 0 Å². The van der Waals surface area contributed by atoms with E-state index in [9.17, 15) is 4.79 Å². The Hall–Kier alpha value is -0.610. The molecule has 25 heavy (non-hydrogen) atoms. The highest BCUT2D eigenvalue weighted by molar-refractivity contribution is 14.0. The Morgan fingerprint density at radius 3 is 2.56 bits per heavy atom. The van der Waals surface area contributed by atoms with Crippen LogP contribution in [0.5, 0.6) is 0 Å². The number of amides is 1. The van der Waals surface area contributed by atoms with Gasteiger partial charge in [-0.25, -0.2) is 0 Å². The highest BCUT2D eigenvalue weighted by Gasteiger charge is 2.20. The maximum atomic E-state index is 11.8. The molecule has 1 rings (SSSR count). The normalized spacial score (nSPS) is 17.8. The number of guanidine groups is 1. The second kappa shape index (κ2) is 13.6. The molecule has 0 spiro atoms. The summed E-state index contributed by atoms with van der Waals surface area (Å²) in [5.74, 6) is 0.825. The lowest BCUT2D eigenvalue weighted by atomic mass is 9.96. The Kier molecular flexibility index (Phi) is 13.2. The Morgan fingerprint density at radius 2 is 1.96 bits per heavy atom. The zero-order valence-corrected chi connectivity index (χ0v) is 18.4. The van der Waals surface area contributed by atoms with E-state index < -0.39 is 0 Å². The van der Waals surface area contributed by atoms with Crippen molar-refractivity contribution in [2.24, 2.45) is 10.4 Å². The van der Waals surface area contributed by atoms with Crippen molar-refractivity contribution in [3.05, 3.63) is 0 Å². The van der Waals surface area contributed by atoms with Crippen molar-refractivity contribution < 1.29 is 14.3 Å². The van der Waals surface area contributed by atoms with E-state index in [0.29, 0.717) is 32.8 Å². The molecule has 8 heteroatoms. The minimum atomic E-state index is -0.358. The van der Waals surface area contributed by atoms with Gasteiger partial charge < -0.3 is 25.4 Å². The number of carbonyl (C=O) groups is 1. The topological polar surface area (TPSA) is 84.0 Å². The third-order valence-electron chi connectivity index (χ3n) is 3.54. The molecule has 1 fully saturated rings. The van der Waals surface area contributed by atoms with Gasteiger partial charge in [-0.05, 0) is 19.8 Å². The van der Waals surface area contributed by atoms with Crippen LogP contribution in [0.4, 0.5) is 0 Å². The first-order chi connectivity index (χ1) is 11.4. The summed E-state index contributed by atoms with van der Waals surface area (Å²) in [5, 5.41) is 9.33. The molecule has 3 N–H and O–H groups in total. The maximum absolute atomic E-state index is 11.8. The van der Waals surface area contributed by atoms with E-state index in [1.807, 2.05) is 27.7 Å². The van der Waals surface area contributed by atoms with Crippen LogP contribution >= 0.6 is 24.0 Å². The summed E-state index contributed by atoms with van der Waals surface area (Å²) in [6.07, 6.45) is 2.13. The van der Waals surface area contributed by atoms with Crippen molar-refractivity contribution in [1.82, 2.24) is 16.0 Å². The van der Waals surface area contributed by atoms with E-state index in [2.05, 4.69) is 20.9 Å². The fraction of sp³-hybridized carbons (Fsp3) is 0.882. The summed E-state index contributed by atoms with van der Waals surface area (Å²) in [4.78, 5) is 16.3. The van der Waals surface area contributed by atoms with Gasteiger partial charge in [0.1, 0.15) is 0 Å². The molecule has 0 saturated carbocycles. The van der Waals surface area contributed by atoms with Crippen LogP contribution in [0.15, 0.2) is 4.99 Å². The van der Waals surface area contributed by atoms with Crippen molar-refractivity contribution >= 4 is 35.8 Å². The van der Waals surface area contributed by atoms with Crippen molar-refractivity contribution in [2.75, 3.05) is 46.0 Å². The summed E-state index contributed by atoms with van der Waals surface area (Å²) >= 11 is 0. The van der Waals surface area contributed by atoms with Crippen LogP contribution < -0.4 is 16.0 Å². The van der Waals surface area contributed by atoms with E-state index in [-0.39, 0.29) is 41.4 Å². The first-order valence-corrected chi connectivity index (χ1v) is 8.93. The Bertz CT molecular complexity index is 394. The highest BCUT2D eigenvalue weighted by atomic mass is 127. The lowest BCUT2D eigenvalue weighted by Crippen LogP contribution is -2.43. The van der Waals surface area contributed by atoms with E-state index in [4.69, 9.17) is 9.47 Å². The summed E-state index contributed by atoms with van der Waals surface area (Å²) < 4.78 is 11.0. The Morgan fingerprint density at radius 1 is 1.24 bits per heavy atom. The lowest BCUT2D eigenvalue weighted by Gasteiger charge is -2.18. The van der Waals surface area contributed by atoms with Gasteiger partial charge in [0.15, 0.2) is 5.96 Å². The molecule has 0 aromatic rings. The number of rotatable bonds is 9. The number of hydrogen-bond donors (Lipinski definition) is 3. The van der Waals surface area contributed by atoms with Crippen LogP contribution in [-0.2, 0) is 14.3 Å². The molecule has 0 bridgehead atoms. The SMILES string of the molecule is CCNC(=NCCCOC1CCOC1)NCCNC(=O)C(C)(C)C.I. The number of hydrogen-bond acceptors (Lipinski definition) is 4. The molecule has 0 aromatic carbocycles. The molecule has 1 unspecified atom stereocenters. The van der Waals surface area contributed by atoms with Crippen LogP contribution in [0.3, 0.4) is 0 Å². The molecule has 0 aromatic heterocycles. The summed E-state index contributed by atoms with van der Waals surface area (Å²) in [7, 11) is 0. The van der Waals surface area contributed by atoms with E-state index in [1.54, 1.807) is 0 Å². The van der Waals surface area contributed by atoms with Gasteiger partial charge in [-0.15, -0.1) is 24.0 Å². The number of nitrogens with one attached hydrogen (secondary N) is 3. The second-order valence-corrected chi connectivity index (χ2v) is 6.90. The van der Waals surface area contributed by atoms with E-state index in [1.165, 1.54) is 0 Å². The van der Waals surface area contributed by atoms with Crippen molar-refractivity contribution in [2.45, 2.75) is 46.6 Å². The fourth-order valence-electron chi connectivity index (χ4n) is 2.11. The molecule has 7 nitrogen and oxygen atoms in total. The van der Waals surface area contributed by atoms with Crippen LogP contribution in [0.1, 0.15) is 40.5 Å². The summed E-state index contributed by atoms with van der Waals surface area (Å²) in [6.45, 7) is 12.7. The molecule has 1 aliphatic rings. The molecule has 1 heterocycles. The zero-order chi connectivity index (χ0) is 17.8. The third-order valence-corrected chi connectivity index (χ3v) is 3.54. The highest BCUT2D eigenvalue weighted by Crippen LogP contribution is 2.11. The number of aliphatic imine (C=N–C) groups is 1. The average Bonchev–Trinajstić information content (AvgIpc) is 3.03. The van der Waals surface area contributed by atoms with Crippen LogP contribution in [-0.4, -0.2) is 64.0 Å². The van der Waals surface area contributed by atoms with Gasteiger partial charge >= 0.3 is 0 Å². The molecule has 1 atom stereocenters. The van der Waals surface area contributed by atoms with Crippen LogP contribution in [0.2, 0.25) is 0 Å². The molecule has 1 amide bonds. The molecule has 1 aliphatic heterocycles. The van der Waals surface area contributed by atoms with Gasteiger partial charge in [-0.3, -0.25) is 9.79 Å². The number of ether oxygens (including phenoxy) is 2. The first-order valence-electron chi connectivity index (χ1n) is 8.93. The lowest BCUT2D eigenvalue weighted by molar-refractivity contribution is -0.128. The van der Waals surface area contributed by atoms with Gasteiger partial charge in [0.2, 0.25) is 5.91 Å². The quantitative estimate of drug-likeness (QED) is 0.206. The molecule has 0 radical (unpaired) electrons. The minimum absolute atomic E-state index is 0. The fourth-order valence-corrected chi connectivity index (χ4v) is 2.11. The van der Waals surface area contributed by atoms with Gasteiger partial charge in [0.05, 0.1) is 12.7 Å². The predicted octanol–water partition coefficient (Wildman–Crippen LogP) is 1.52.